The fourth-order valence-corrected chi connectivity index (χ4v) is 3.33. The highest BCUT2D eigenvalue weighted by Crippen LogP contribution is 2.29. The Morgan fingerprint density at radius 3 is 2.89 bits per heavy atom. The molecule has 1 saturated heterocycles. The van der Waals surface area contributed by atoms with Crippen molar-refractivity contribution in [1.82, 2.24) is 14.7 Å². The van der Waals surface area contributed by atoms with Crippen LogP contribution in [0.4, 0.5) is 5.82 Å². The minimum Gasteiger partial charge on any atom is -0.390 e. The smallest absolute Gasteiger partial charge is 0.195 e. The van der Waals surface area contributed by atoms with E-state index in [1.807, 2.05) is 14.0 Å². The molecule has 0 amide bonds. The van der Waals surface area contributed by atoms with Crippen LogP contribution in [0, 0.1) is 0 Å². The number of hydrogen-bond donors (Lipinski definition) is 2. The Hall–Kier alpha value is -1.11. The summed E-state index contributed by atoms with van der Waals surface area (Å²) in [6.45, 7) is 4.47. The first-order valence-electron chi connectivity index (χ1n) is 6.67. The summed E-state index contributed by atoms with van der Waals surface area (Å²) in [5.41, 5.74) is 0.692. The molecule has 2 aromatic rings. The van der Waals surface area contributed by atoms with Gasteiger partial charge in [-0.3, -0.25) is 4.40 Å². The van der Waals surface area contributed by atoms with Gasteiger partial charge in [-0.05, 0) is 26.8 Å². The molecule has 1 aliphatic heterocycles. The summed E-state index contributed by atoms with van der Waals surface area (Å²) in [4.78, 5) is 8.08. The predicted octanol–water partition coefficient (Wildman–Crippen LogP) is 1.47. The summed E-state index contributed by atoms with van der Waals surface area (Å²) in [5, 5.41) is 15.3. The second-order valence-electron chi connectivity index (χ2n) is 5.45. The molecule has 1 fully saturated rings. The van der Waals surface area contributed by atoms with Gasteiger partial charge in [0, 0.05) is 31.2 Å². The topological polar surface area (TPSA) is 52.8 Å². The van der Waals surface area contributed by atoms with Crippen molar-refractivity contribution < 1.29 is 5.11 Å². The molecular formula is C13H20N4OS. The zero-order valence-electron chi connectivity index (χ0n) is 11.4. The molecule has 0 atom stereocenters. The lowest BCUT2D eigenvalue weighted by atomic mass is 9.94. The van der Waals surface area contributed by atoms with Crippen molar-refractivity contribution in [1.29, 1.82) is 0 Å². The van der Waals surface area contributed by atoms with E-state index in [0.717, 1.165) is 43.3 Å². The molecule has 0 saturated carbocycles. The molecule has 2 N–H and O–H groups in total. The average molecular weight is 280 g/mol. The Bertz CT molecular complexity index is 564. The highest BCUT2D eigenvalue weighted by molar-refractivity contribution is 7.15. The van der Waals surface area contributed by atoms with E-state index >= 15 is 0 Å². The van der Waals surface area contributed by atoms with Crippen LogP contribution in [-0.4, -0.2) is 40.2 Å². The minimum atomic E-state index is -0.517. The maximum absolute atomic E-state index is 10.0. The highest BCUT2D eigenvalue weighted by atomic mass is 32.1. The number of nitrogens with zero attached hydrogens (tertiary/aromatic N) is 3. The van der Waals surface area contributed by atoms with Crippen LogP contribution in [0.25, 0.3) is 4.96 Å². The van der Waals surface area contributed by atoms with Crippen molar-refractivity contribution in [2.75, 3.05) is 25.0 Å². The standard InChI is InChI=1S/C13H20N4OS/c1-13(18)3-5-16(6-4-13)11-10(9-14-2)17-7-8-19-12(17)15-11/h7-8,14,18H,3-6,9H2,1-2H3. The number of piperidine rings is 1. The summed E-state index contributed by atoms with van der Waals surface area (Å²) in [7, 11) is 1.95. The molecule has 0 aliphatic carbocycles. The monoisotopic (exact) mass is 280 g/mol. The SMILES string of the molecule is CNCc1c(N2CCC(C)(O)CC2)nc2sccn12. The van der Waals surface area contributed by atoms with Crippen LogP contribution in [-0.2, 0) is 6.54 Å². The van der Waals surface area contributed by atoms with Gasteiger partial charge in [-0.1, -0.05) is 0 Å². The molecule has 0 radical (unpaired) electrons. The molecule has 3 heterocycles. The van der Waals surface area contributed by atoms with E-state index in [0.29, 0.717) is 0 Å². The maximum Gasteiger partial charge on any atom is 0.195 e. The van der Waals surface area contributed by atoms with Gasteiger partial charge in [0.25, 0.3) is 0 Å². The maximum atomic E-state index is 10.0. The summed E-state index contributed by atoms with van der Waals surface area (Å²) in [6.07, 6.45) is 3.68. The van der Waals surface area contributed by atoms with Crippen LogP contribution in [0.15, 0.2) is 11.6 Å². The van der Waals surface area contributed by atoms with Gasteiger partial charge in [0.15, 0.2) is 10.8 Å². The van der Waals surface area contributed by atoms with E-state index in [1.165, 1.54) is 5.69 Å². The van der Waals surface area contributed by atoms with Gasteiger partial charge >= 0.3 is 0 Å². The van der Waals surface area contributed by atoms with Gasteiger partial charge in [-0.2, -0.15) is 0 Å². The average Bonchev–Trinajstić information content (AvgIpc) is 2.92. The molecule has 0 unspecified atom stereocenters. The third-order valence-electron chi connectivity index (χ3n) is 3.82. The molecule has 6 heteroatoms. The van der Waals surface area contributed by atoms with Crippen LogP contribution in [0.2, 0.25) is 0 Å². The van der Waals surface area contributed by atoms with Crippen LogP contribution >= 0.6 is 11.3 Å². The van der Waals surface area contributed by atoms with Crippen molar-refractivity contribution in [3.63, 3.8) is 0 Å². The third kappa shape index (κ3) is 2.35. The number of fused-ring (bicyclic) bond motifs is 1. The van der Waals surface area contributed by atoms with Crippen molar-refractivity contribution in [3.8, 4) is 0 Å². The summed E-state index contributed by atoms with van der Waals surface area (Å²) >= 11 is 1.66. The quantitative estimate of drug-likeness (QED) is 0.894. The van der Waals surface area contributed by atoms with Crippen molar-refractivity contribution in [2.24, 2.45) is 0 Å². The molecule has 0 aromatic carbocycles. The molecule has 104 valence electrons. The highest BCUT2D eigenvalue weighted by Gasteiger charge is 2.29. The Balaban J connectivity index is 1.91. The first-order chi connectivity index (χ1) is 9.11. The second-order valence-corrected chi connectivity index (χ2v) is 6.33. The van der Waals surface area contributed by atoms with Crippen molar-refractivity contribution in [2.45, 2.75) is 31.9 Å². The molecule has 19 heavy (non-hydrogen) atoms. The molecule has 1 aliphatic rings. The van der Waals surface area contributed by atoms with Crippen LogP contribution in [0.1, 0.15) is 25.5 Å². The zero-order chi connectivity index (χ0) is 13.5. The van der Waals surface area contributed by atoms with Gasteiger partial charge in [0.2, 0.25) is 0 Å². The zero-order valence-corrected chi connectivity index (χ0v) is 12.2. The van der Waals surface area contributed by atoms with E-state index in [4.69, 9.17) is 4.98 Å². The van der Waals surface area contributed by atoms with Crippen LogP contribution in [0.5, 0.6) is 0 Å². The number of aromatic nitrogens is 2. The minimum absolute atomic E-state index is 0.517. The summed E-state index contributed by atoms with van der Waals surface area (Å²) in [5.74, 6) is 1.07. The Kier molecular flexibility index (Phi) is 3.24. The third-order valence-corrected chi connectivity index (χ3v) is 4.58. The van der Waals surface area contributed by atoms with Crippen LogP contribution < -0.4 is 10.2 Å². The molecule has 0 bridgehead atoms. The first kappa shape index (κ1) is 12.9. The van der Waals surface area contributed by atoms with Gasteiger partial charge in [0.05, 0.1) is 11.3 Å². The molecule has 3 rings (SSSR count). The lowest BCUT2D eigenvalue weighted by Gasteiger charge is -2.36. The van der Waals surface area contributed by atoms with E-state index < -0.39 is 5.60 Å². The van der Waals surface area contributed by atoms with E-state index in [-0.39, 0.29) is 0 Å². The number of hydrogen-bond acceptors (Lipinski definition) is 5. The molecule has 2 aromatic heterocycles. The lowest BCUT2D eigenvalue weighted by Crippen LogP contribution is -2.43. The molecule has 0 spiro atoms. The van der Waals surface area contributed by atoms with Crippen molar-refractivity contribution in [3.05, 3.63) is 17.3 Å². The predicted molar refractivity (Wildman–Crippen MR) is 77.9 cm³/mol. The van der Waals surface area contributed by atoms with E-state index in [1.54, 1.807) is 11.3 Å². The van der Waals surface area contributed by atoms with E-state index in [2.05, 4.69) is 26.2 Å². The molecule has 5 nitrogen and oxygen atoms in total. The number of imidazole rings is 1. The van der Waals surface area contributed by atoms with Gasteiger partial charge in [0.1, 0.15) is 0 Å². The van der Waals surface area contributed by atoms with Gasteiger partial charge < -0.3 is 15.3 Å². The molecular weight excluding hydrogens is 260 g/mol. The van der Waals surface area contributed by atoms with Gasteiger partial charge in [-0.25, -0.2) is 4.98 Å². The normalized spacial score (nSPS) is 19.2. The largest absolute Gasteiger partial charge is 0.390 e. The second kappa shape index (κ2) is 4.77. The first-order valence-corrected chi connectivity index (χ1v) is 7.55. The summed E-state index contributed by atoms with van der Waals surface area (Å²) in [6, 6.07) is 0. The number of anilines is 1. The Labute approximate surface area is 116 Å². The number of aliphatic hydroxyl groups is 1. The lowest BCUT2D eigenvalue weighted by molar-refractivity contribution is 0.0350. The van der Waals surface area contributed by atoms with Gasteiger partial charge in [-0.15, -0.1) is 11.3 Å². The van der Waals surface area contributed by atoms with Crippen LogP contribution in [0.3, 0.4) is 0 Å². The Morgan fingerprint density at radius 2 is 2.21 bits per heavy atom. The number of thiazole rings is 1. The number of nitrogens with one attached hydrogen (secondary N) is 1. The Morgan fingerprint density at radius 1 is 1.47 bits per heavy atom. The fraction of sp³-hybridized carbons (Fsp3) is 0.615. The summed E-state index contributed by atoms with van der Waals surface area (Å²) < 4.78 is 2.16. The van der Waals surface area contributed by atoms with Crippen molar-refractivity contribution >= 4 is 22.1 Å². The number of rotatable bonds is 3. The fourth-order valence-electron chi connectivity index (χ4n) is 2.61. The van der Waals surface area contributed by atoms with E-state index in [9.17, 15) is 5.11 Å².